The molecule has 0 unspecified atom stereocenters. The highest BCUT2D eigenvalue weighted by molar-refractivity contribution is 5.77. The van der Waals surface area contributed by atoms with E-state index in [1.165, 1.54) is 0 Å². The van der Waals surface area contributed by atoms with Crippen LogP contribution in [0.2, 0.25) is 0 Å². The Morgan fingerprint density at radius 3 is 2.40 bits per heavy atom. The molecule has 0 aromatic heterocycles. The van der Waals surface area contributed by atoms with E-state index in [1.54, 1.807) is 18.1 Å². The number of hydrazine groups is 1. The molecule has 1 aromatic carbocycles. The van der Waals surface area contributed by atoms with Gasteiger partial charge in [-0.2, -0.15) is 0 Å². The second-order valence-electron chi connectivity index (χ2n) is 3.23. The van der Waals surface area contributed by atoms with E-state index in [-0.39, 0.29) is 5.91 Å². The first kappa shape index (κ1) is 9.52. The highest BCUT2D eigenvalue weighted by Gasteiger charge is 2.15. The van der Waals surface area contributed by atoms with Gasteiger partial charge in [-0.3, -0.25) is 9.80 Å². The molecule has 1 aliphatic heterocycles. The Morgan fingerprint density at radius 2 is 1.73 bits per heavy atom. The molecule has 3 heteroatoms. The van der Waals surface area contributed by atoms with E-state index in [2.05, 4.69) is 0 Å². The van der Waals surface area contributed by atoms with E-state index in [0.717, 1.165) is 5.69 Å². The zero-order valence-corrected chi connectivity index (χ0v) is 8.50. The van der Waals surface area contributed by atoms with Crippen LogP contribution in [0.15, 0.2) is 54.9 Å². The highest BCUT2D eigenvalue weighted by Crippen LogP contribution is 2.19. The van der Waals surface area contributed by atoms with Crippen LogP contribution in [0.4, 0.5) is 5.69 Å². The van der Waals surface area contributed by atoms with Gasteiger partial charge in [0, 0.05) is 19.3 Å². The molecule has 1 aromatic rings. The molecule has 0 spiro atoms. The van der Waals surface area contributed by atoms with Crippen LogP contribution in [0.3, 0.4) is 0 Å². The van der Waals surface area contributed by atoms with Crippen LogP contribution < -0.4 is 5.01 Å². The molecule has 1 heterocycles. The van der Waals surface area contributed by atoms with Crippen molar-refractivity contribution in [3.63, 3.8) is 0 Å². The van der Waals surface area contributed by atoms with E-state index in [1.807, 2.05) is 53.7 Å². The number of amides is 1. The maximum absolute atomic E-state index is 11.4. The number of hydrogen-bond donors (Lipinski definition) is 0. The molecule has 76 valence electrons. The minimum absolute atomic E-state index is 0.0144. The van der Waals surface area contributed by atoms with E-state index < -0.39 is 0 Å². The molecule has 0 atom stereocenters. The van der Waals surface area contributed by atoms with Gasteiger partial charge in [-0.05, 0) is 24.3 Å². The Hall–Kier alpha value is -2.03. The third-order valence-corrected chi connectivity index (χ3v) is 2.14. The number of carbonyl (C=O) groups is 1. The number of para-hydroxylation sites is 1. The average molecular weight is 200 g/mol. The zero-order valence-electron chi connectivity index (χ0n) is 8.50. The maximum atomic E-state index is 11.4. The van der Waals surface area contributed by atoms with Gasteiger partial charge < -0.3 is 0 Å². The topological polar surface area (TPSA) is 23.6 Å². The second-order valence-corrected chi connectivity index (χ2v) is 3.23. The van der Waals surface area contributed by atoms with E-state index in [9.17, 15) is 4.79 Å². The number of benzene rings is 1. The van der Waals surface area contributed by atoms with Crippen molar-refractivity contribution in [1.82, 2.24) is 5.01 Å². The molecule has 0 radical (unpaired) electrons. The summed E-state index contributed by atoms with van der Waals surface area (Å²) in [5.41, 5.74) is 0.966. The van der Waals surface area contributed by atoms with Gasteiger partial charge in [0.2, 0.25) is 5.91 Å². The minimum atomic E-state index is -0.0144. The molecule has 0 fully saturated rings. The molecular formula is C12H12N2O. The van der Waals surface area contributed by atoms with Crippen LogP contribution in [0, 0.1) is 0 Å². The van der Waals surface area contributed by atoms with Crippen LogP contribution in [0.5, 0.6) is 0 Å². The lowest BCUT2D eigenvalue weighted by molar-refractivity contribution is -0.126. The quantitative estimate of drug-likeness (QED) is 0.694. The zero-order chi connectivity index (χ0) is 10.7. The fourth-order valence-electron chi connectivity index (χ4n) is 1.45. The molecule has 0 bridgehead atoms. The van der Waals surface area contributed by atoms with Crippen molar-refractivity contribution in [3.05, 3.63) is 54.9 Å². The lowest BCUT2D eigenvalue weighted by Crippen LogP contribution is -2.39. The van der Waals surface area contributed by atoms with Crippen molar-refractivity contribution in [3.8, 4) is 0 Å². The van der Waals surface area contributed by atoms with E-state index in [0.29, 0.717) is 0 Å². The smallest absolute Gasteiger partial charge is 0.242 e. The van der Waals surface area contributed by atoms with E-state index >= 15 is 0 Å². The third kappa shape index (κ3) is 1.91. The fourth-order valence-corrected chi connectivity index (χ4v) is 1.45. The standard InChI is InChI=1S/C12H12N2O/c1-11(15)13-9-5-6-10-14(13)12-7-3-2-4-8-12/h2-10H,1H3. The van der Waals surface area contributed by atoms with Crippen LogP contribution >= 0.6 is 0 Å². The molecule has 1 aliphatic rings. The maximum Gasteiger partial charge on any atom is 0.242 e. The number of hydrogen-bond acceptors (Lipinski definition) is 2. The lowest BCUT2D eigenvalue weighted by Gasteiger charge is -2.32. The molecule has 15 heavy (non-hydrogen) atoms. The van der Waals surface area contributed by atoms with Crippen molar-refractivity contribution in [2.24, 2.45) is 0 Å². The van der Waals surface area contributed by atoms with Gasteiger partial charge in [-0.1, -0.05) is 18.2 Å². The monoisotopic (exact) mass is 200 g/mol. The van der Waals surface area contributed by atoms with Gasteiger partial charge in [-0.15, -0.1) is 0 Å². The molecule has 0 aliphatic carbocycles. The Bertz CT molecular complexity index is 409. The molecule has 0 saturated carbocycles. The summed E-state index contributed by atoms with van der Waals surface area (Å²) in [6.45, 7) is 1.54. The summed E-state index contributed by atoms with van der Waals surface area (Å²) >= 11 is 0. The van der Waals surface area contributed by atoms with Crippen molar-refractivity contribution in [1.29, 1.82) is 0 Å². The van der Waals surface area contributed by atoms with Gasteiger partial charge in [-0.25, -0.2) is 5.01 Å². The van der Waals surface area contributed by atoms with Crippen LogP contribution in [-0.4, -0.2) is 10.9 Å². The molecule has 0 N–H and O–H groups in total. The lowest BCUT2D eigenvalue weighted by atomic mass is 10.3. The fraction of sp³-hybridized carbons (Fsp3) is 0.0833. The summed E-state index contributed by atoms with van der Waals surface area (Å²) < 4.78 is 0. The molecule has 3 nitrogen and oxygen atoms in total. The number of anilines is 1. The van der Waals surface area contributed by atoms with Crippen molar-refractivity contribution >= 4 is 11.6 Å². The first-order chi connectivity index (χ1) is 7.29. The molecular weight excluding hydrogens is 188 g/mol. The predicted octanol–water partition coefficient (Wildman–Crippen LogP) is 2.30. The van der Waals surface area contributed by atoms with Crippen molar-refractivity contribution in [2.45, 2.75) is 6.92 Å². The first-order valence-electron chi connectivity index (χ1n) is 4.78. The summed E-state index contributed by atoms with van der Waals surface area (Å²) in [7, 11) is 0. The number of allylic oxidation sites excluding steroid dienone is 2. The van der Waals surface area contributed by atoms with Gasteiger partial charge in [0.05, 0.1) is 5.69 Å². The summed E-state index contributed by atoms with van der Waals surface area (Å²) in [5.74, 6) is -0.0144. The summed E-state index contributed by atoms with van der Waals surface area (Å²) in [6, 6.07) is 9.75. The Morgan fingerprint density at radius 1 is 1.07 bits per heavy atom. The Kier molecular flexibility index (Phi) is 2.54. The Labute approximate surface area is 88.9 Å². The average Bonchev–Trinajstić information content (AvgIpc) is 2.30. The Balaban J connectivity index is 2.32. The number of rotatable bonds is 1. The SMILES string of the molecule is CC(=O)N1C=CC=CN1c1ccccc1. The molecule has 1 amide bonds. The number of carbonyl (C=O) groups excluding carboxylic acids is 1. The third-order valence-electron chi connectivity index (χ3n) is 2.14. The first-order valence-corrected chi connectivity index (χ1v) is 4.78. The summed E-state index contributed by atoms with van der Waals surface area (Å²) in [4.78, 5) is 11.4. The highest BCUT2D eigenvalue weighted by atomic mass is 16.2. The molecule has 0 saturated heterocycles. The summed E-state index contributed by atoms with van der Waals surface area (Å²) in [5, 5.41) is 3.37. The van der Waals surface area contributed by atoms with Gasteiger partial charge in [0.1, 0.15) is 0 Å². The van der Waals surface area contributed by atoms with Gasteiger partial charge >= 0.3 is 0 Å². The van der Waals surface area contributed by atoms with Crippen molar-refractivity contribution < 1.29 is 4.79 Å². The minimum Gasteiger partial charge on any atom is -0.273 e. The van der Waals surface area contributed by atoms with Crippen LogP contribution in [-0.2, 0) is 4.79 Å². The van der Waals surface area contributed by atoms with E-state index in [4.69, 9.17) is 0 Å². The number of nitrogens with zero attached hydrogens (tertiary/aromatic N) is 2. The van der Waals surface area contributed by atoms with Crippen LogP contribution in [0.25, 0.3) is 0 Å². The predicted molar refractivity (Wildman–Crippen MR) is 59.7 cm³/mol. The molecule has 2 rings (SSSR count). The summed E-state index contributed by atoms with van der Waals surface area (Å²) in [6.07, 6.45) is 7.33. The largest absolute Gasteiger partial charge is 0.273 e. The van der Waals surface area contributed by atoms with Gasteiger partial charge in [0.15, 0.2) is 0 Å². The van der Waals surface area contributed by atoms with Crippen LogP contribution in [0.1, 0.15) is 6.92 Å². The second kappa shape index (κ2) is 4.00. The van der Waals surface area contributed by atoms with Gasteiger partial charge in [0.25, 0.3) is 0 Å². The normalized spacial score (nSPS) is 14.5. The van der Waals surface area contributed by atoms with Crippen molar-refractivity contribution in [2.75, 3.05) is 5.01 Å².